The van der Waals surface area contributed by atoms with Crippen LogP contribution in [0.5, 0.6) is 0 Å². The molecule has 1 aliphatic carbocycles. The van der Waals surface area contributed by atoms with Crippen molar-refractivity contribution in [2.45, 2.75) is 52.0 Å². The van der Waals surface area contributed by atoms with E-state index in [0.29, 0.717) is 6.54 Å². The molecule has 3 aliphatic rings. The number of hydrogen-bond acceptors (Lipinski definition) is 5. The molecule has 6 heteroatoms. The molecule has 1 amide bonds. The van der Waals surface area contributed by atoms with Crippen molar-refractivity contribution in [1.82, 2.24) is 20.2 Å². The second-order valence-electron chi connectivity index (χ2n) is 9.84. The van der Waals surface area contributed by atoms with Gasteiger partial charge in [-0.3, -0.25) is 9.69 Å². The Kier molecular flexibility index (Phi) is 6.39. The largest absolute Gasteiger partial charge is 0.355 e. The topological polar surface area (TPSA) is 61.4 Å². The summed E-state index contributed by atoms with van der Waals surface area (Å²) in [5.74, 6) is 1.90. The second-order valence-corrected chi connectivity index (χ2v) is 9.84. The fourth-order valence-electron chi connectivity index (χ4n) is 5.31. The molecule has 1 N–H and O–H groups in total. The van der Waals surface area contributed by atoms with Gasteiger partial charge in [-0.15, -0.1) is 0 Å². The van der Waals surface area contributed by atoms with E-state index >= 15 is 0 Å². The molecule has 0 bridgehead atoms. The van der Waals surface area contributed by atoms with Crippen molar-refractivity contribution in [2.24, 2.45) is 11.8 Å². The van der Waals surface area contributed by atoms with Gasteiger partial charge in [-0.1, -0.05) is 31.2 Å². The minimum absolute atomic E-state index is 0.0369. The normalized spacial score (nSPS) is 21.7. The van der Waals surface area contributed by atoms with Crippen molar-refractivity contribution in [3.8, 4) is 0 Å². The molecule has 5 rings (SSSR count). The van der Waals surface area contributed by atoms with Crippen molar-refractivity contribution < 1.29 is 4.79 Å². The van der Waals surface area contributed by atoms with Gasteiger partial charge in [0.15, 0.2) is 0 Å². The first-order chi connectivity index (χ1) is 15.7. The fourth-order valence-corrected chi connectivity index (χ4v) is 5.31. The Bertz CT molecular complexity index is 953. The van der Waals surface area contributed by atoms with E-state index in [1.165, 1.54) is 24.0 Å². The number of nitrogens with one attached hydrogen (secondary N) is 1. The molecule has 0 unspecified atom stereocenters. The van der Waals surface area contributed by atoms with Crippen molar-refractivity contribution in [1.29, 1.82) is 0 Å². The molecule has 1 aromatic heterocycles. The summed E-state index contributed by atoms with van der Waals surface area (Å²) in [7, 11) is 0. The van der Waals surface area contributed by atoms with Crippen LogP contribution in [0.15, 0.2) is 30.5 Å². The first-order valence-electron chi connectivity index (χ1n) is 12.3. The molecule has 32 heavy (non-hydrogen) atoms. The first-order valence-corrected chi connectivity index (χ1v) is 12.3. The van der Waals surface area contributed by atoms with Crippen LogP contribution in [0.3, 0.4) is 0 Å². The predicted molar refractivity (Wildman–Crippen MR) is 127 cm³/mol. The smallest absolute Gasteiger partial charge is 0.225 e. The van der Waals surface area contributed by atoms with E-state index in [9.17, 15) is 4.79 Å². The lowest BCUT2D eigenvalue weighted by molar-refractivity contribution is -0.125. The average molecular weight is 434 g/mol. The summed E-state index contributed by atoms with van der Waals surface area (Å²) in [5, 5.41) is 3.19. The number of rotatable bonds is 5. The number of piperidine rings is 1. The zero-order chi connectivity index (χ0) is 21.9. The zero-order valence-electron chi connectivity index (χ0n) is 19.2. The molecule has 170 valence electrons. The SMILES string of the molecule is CC1CCN(c2ncc3c(n2)CC[C@H](C(=O)NCCN2CCc4ccccc4C2)C3)CC1. The van der Waals surface area contributed by atoms with Gasteiger partial charge >= 0.3 is 0 Å². The van der Waals surface area contributed by atoms with Gasteiger partial charge in [-0.2, -0.15) is 0 Å². The van der Waals surface area contributed by atoms with Crippen LogP contribution in [-0.2, 0) is 30.6 Å². The fraction of sp³-hybridized carbons (Fsp3) is 0.577. The molecule has 2 aliphatic heterocycles. The molecule has 1 fully saturated rings. The van der Waals surface area contributed by atoms with Gasteiger partial charge in [-0.05, 0) is 61.1 Å². The summed E-state index contributed by atoms with van der Waals surface area (Å²) >= 11 is 0. The number of carbonyl (C=O) groups excluding carboxylic acids is 1. The lowest BCUT2D eigenvalue weighted by Gasteiger charge is -2.31. The molecule has 1 aromatic carbocycles. The minimum atomic E-state index is 0.0369. The summed E-state index contributed by atoms with van der Waals surface area (Å²) in [4.78, 5) is 27.1. The van der Waals surface area contributed by atoms with Crippen molar-refractivity contribution in [3.05, 3.63) is 52.8 Å². The highest BCUT2D eigenvalue weighted by Crippen LogP contribution is 2.27. The number of aryl methyl sites for hydroxylation is 1. The number of aromatic nitrogens is 2. The van der Waals surface area contributed by atoms with Gasteiger partial charge in [0.05, 0.1) is 0 Å². The van der Waals surface area contributed by atoms with E-state index in [1.807, 2.05) is 6.20 Å². The molecule has 0 saturated carbocycles. The highest BCUT2D eigenvalue weighted by atomic mass is 16.1. The summed E-state index contributed by atoms with van der Waals surface area (Å²) in [5.41, 5.74) is 5.18. The van der Waals surface area contributed by atoms with Crippen molar-refractivity contribution in [2.75, 3.05) is 37.6 Å². The second kappa shape index (κ2) is 9.57. The van der Waals surface area contributed by atoms with Crippen LogP contribution >= 0.6 is 0 Å². The van der Waals surface area contributed by atoms with E-state index < -0.39 is 0 Å². The number of fused-ring (bicyclic) bond motifs is 2. The Labute approximate surface area is 191 Å². The maximum absolute atomic E-state index is 12.8. The third kappa shape index (κ3) is 4.80. The van der Waals surface area contributed by atoms with E-state index in [1.54, 1.807) is 0 Å². The van der Waals surface area contributed by atoms with E-state index in [4.69, 9.17) is 4.98 Å². The number of amides is 1. The van der Waals surface area contributed by atoms with E-state index in [-0.39, 0.29) is 11.8 Å². The molecular formula is C26H35N5O. The summed E-state index contributed by atoms with van der Waals surface area (Å²) in [6, 6.07) is 8.69. The summed E-state index contributed by atoms with van der Waals surface area (Å²) in [6.07, 6.45) is 8.01. The molecule has 3 heterocycles. The molecule has 0 radical (unpaired) electrons. The van der Waals surface area contributed by atoms with Gasteiger partial charge in [0, 0.05) is 57.1 Å². The van der Waals surface area contributed by atoms with Gasteiger partial charge in [0.25, 0.3) is 0 Å². The van der Waals surface area contributed by atoms with Crippen molar-refractivity contribution >= 4 is 11.9 Å². The summed E-state index contributed by atoms with van der Waals surface area (Å²) < 4.78 is 0. The van der Waals surface area contributed by atoms with Crippen LogP contribution in [0.2, 0.25) is 0 Å². The molecule has 0 spiro atoms. The molecule has 2 aromatic rings. The monoisotopic (exact) mass is 433 g/mol. The average Bonchev–Trinajstić information content (AvgIpc) is 2.83. The van der Waals surface area contributed by atoms with Gasteiger partial charge in [0.2, 0.25) is 11.9 Å². The van der Waals surface area contributed by atoms with Gasteiger partial charge in [-0.25, -0.2) is 9.97 Å². The Morgan fingerprint density at radius 1 is 1.06 bits per heavy atom. The number of hydrogen-bond donors (Lipinski definition) is 1. The van der Waals surface area contributed by atoms with Gasteiger partial charge in [0.1, 0.15) is 0 Å². The van der Waals surface area contributed by atoms with E-state index in [2.05, 4.69) is 51.3 Å². The third-order valence-electron chi connectivity index (χ3n) is 7.51. The highest BCUT2D eigenvalue weighted by molar-refractivity contribution is 5.79. The Morgan fingerprint density at radius 2 is 1.88 bits per heavy atom. The first kappa shape index (κ1) is 21.4. The van der Waals surface area contributed by atoms with Crippen LogP contribution < -0.4 is 10.2 Å². The molecule has 1 saturated heterocycles. The maximum atomic E-state index is 12.8. The van der Waals surface area contributed by atoms with Crippen LogP contribution in [0.4, 0.5) is 5.95 Å². The minimum Gasteiger partial charge on any atom is -0.355 e. The molecular weight excluding hydrogens is 398 g/mol. The predicted octanol–water partition coefficient (Wildman–Crippen LogP) is 2.99. The number of nitrogens with zero attached hydrogens (tertiary/aromatic N) is 4. The Morgan fingerprint density at radius 3 is 2.72 bits per heavy atom. The molecule has 1 atom stereocenters. The van der Waals surface area contributed by atoms with Crippen molar-refractivity contribution in [3.63, 3.8) is 0 Å². The highest BCUT2D eigenvalue weighted by Gasteiger charge is 2.27. The standard InChI is InChI=1S/C26H35N5O/c1-19-8-13-31(14-9-19)26-28-17-23-16-21(6-7-24(23)29-26)25(32)27-11-15-30-12-10-20-4-2-3-5-22(20)18-30/h2-5,17,19,21H,6-16,18H2,1H3,(H,27,32)/t21-/m0/s1. The lowest BCUT2D eigenvalue weighted by atomic mass is 9.86. The zero-order valence-corrected chi connectivity index (χ0v) is 19.2. The maximum Gasteiger partial charge on any atom is 0.225 e. The summed E-state index contributed by atoms with van der Waals surface area (Å²) in [6.45, 7) is 8.10. The van der Waals surface area contributed by atoms with Crippen LogP contribution in [-0.4, -0.2) is 53.5 Å². The van der Waals surface area contributed by atoms with Gasteiger partial charge < -0.3 is 10.2 Å². The van der Waals surface area contributed by atoms with Crippen LogP contribution in [0, 0.1) is 11.8 Å². The molecule has 6 nitrogen and oxygen atoms in total. The number of benzene rings is 1. The number of carbonyl (C=O) groups is 1. The quantitative estimate of drug-likeness (QED) is 0.786. The number of anilines is 1. The van der Waals surface area contributed by atoms with Crippen LogP contribution in [0.25, 0.3) is 0 Å². The third-order valence-corrected chi connectivity index (χ3v) is 7.51. The Balaban J connectivity index is 1.10. The van der Waals surface area contributed by atoms with E-state index in [0.717, 1.165) is 81.5 Å². The lowest BCUT2D eigenvalue weighted by Crippen LogP contribution is -2.41. The van der Waals surface area contributed by atoms with Crippen LogP contribution in [0.1, 0.15) is 48.6 Å². The Hall–Kier alpha value is -2.47.